The van der Waals surface area contributed by atoms with E-state index in [2.05, 4.69) is 5.32 Å². The van der Waals surface area contributed by atoms with Gasteiger partial charge in [-0.25, -0.2) is 0 Å². The molecule has 0 radical (unpaired) electrons. The third-order valence-corrected chi connectivity index (χ3v) is 6.34. The normalized spacial score (nSPS) is 11.6. The number of benzene rings is 3. The first-order chi connectivity index (χ1) is 16.8. The summed E-state index contributed by atoms with van der Waals surface area (Å²) in [5.74, 6) is -0.375. The summed E-state index contributed by atoms with van der Waals surface area (Å²) in [6, 6.07) is 18.4. The molecule has 0 aliphatic rings. The Morgan fingerprint density at radius 2 is 1.57 bits per heavy atom. The minimum Gasteiger partial charge on any atom is -0.482 e. The number of hydrogen-bond acceptors (Lipinski definition) is 3. The van der Waals surface area contributed by atoms with E-state index in [1.54, 1.807) is 30.3 Å². The molecule has 35 heavy (non-hydrogen) atoms. The van der Waals surface area contributed by atoms with Gasteiger partial charge in [0, 0.05) is 34.6 Å². The van der Waals surface area contributed by atoms with Crippen LogP contribution in [0.3, 0.4) is 0 Å². The summed E-state index contributed by atoms with van der Waals surface area (Å²) >= 11 is 24.6. The molecule has 1 N–H and O–H groups in total. The zero-order chi connectivity index (χ0) is 25.4. The van der Waals surface area contributed by atoms with E-state index in [1.807, 2.05) is 37.3 Å². The van der Waals surface area contributed by atoms with Gasteiger partial charge in [0.15, 0.2) is 6.61 Å². The number of halogens is 4. The van der Waals surface area contributed by atoms with Crippen LogP contribution in [0.1, 0.15) is 18.1 Å². The lowest BCUT2D eigenvalue weighted by Crippen LogP contribution is -2.51. The zero-order valence-corrected chi connectivity index (χ0v) is 22.0. The molecule has 9 heteroatoms. The SMILES string of the molecule is CCNC(=O)[C@@H](Cc1ccccc1)N(Cc1ccc(Cl)cc1Cl)C(=O)COc1ccc(Cl)cc1Cl. The predicted octanol–water partition coefficient (Wildman–Crippen LogP) is 6.46. The molecule has 5 nitrogen and oxygen atoms in total. The third kappa shape index (κ3) is 7.77. The molecule has 0 aliphatic carbocycles. The number of nitrogens with one attached hydrogen (secondary N) is 1. The van der Waals surface area contributed by atoms with Crippen molar-refractivity contribution in [2.24, 2.45) is 0 Å². The number of ether oxygens (including phenoxy) is 1. The van der Waals surface area contributed by atoms with Crippen LogP contribution in [0.2, 0.25) is 20.1 Å². The molecule has 184 valence electrons. The number of rotatable bonds is 10. The van der Waals surface area contributed by atoms with E-state index < -0.39 is 11.9 Å². The number of nitrogens with zero attached hydrogens (tertiary/aromatic N) is 1. The highest BCUT2D eigenvalue weighted by Crippen LogP contribution is 2.28. The minimum atomic E-state index is -0.805. The predicted molar refractivity (Wildman–Crippen MR) is 142 cm³/mol. The number of carbonyl (C=O) groups excluding carboxylic acids is 2. The second-order valence-electron chi connectivity index (χ2n) is 7.72. The van der Waals surface area contributed by atoms with Gasteiger partial charge in [-0.1, -0.05) is 82.8 Å². The average molecular weight is 554 g/mol. The van der Waals surface area contributed by atoms with Crippen LogP contribution >= 0.6 is 46.4 Å². The van der Waals surface area contributed by atoms with Crippen molar-refractivity contribution < 1.29 is 14.3 Å². The van der Waals surface area contributed by atoms with Crippen molar-refractivity contribution in [3.8, 4) is 5.75 Å². The highest BCUT2D eigenvalue weighted by atomic mass is 35.5. The van der Waals surface area contributed by atoms with Crippen LogP contribution in [0.25, 0.3) is 0 Å². The molecule has 0 spiro atoms. The number of hydrogen-bond donors (Lipinski definition) is 1. The molecule has 2 amide bonds. The maximum Gasteiger partial charge on any atom is 0.261 e. The first-order valence-electron chi connectivity index (χ1n) is 10.9. The van der Waals surface area contributed by atoms with Gasteiger partial charge < -0.3 is 15.0 Å². The molecular formula is C26H24Cl4N2O3. The Balaban J connectivity index is 1.93. The van der Waals surface area contributed by atoms with E-state index in [4.69, 9.17) is 51.1 Å². The van der Waals surface area contributed by atoms with E-state index >= 15 is 0 Å². The summed E-state index contributed by atoms with van der Waals surface area (Å²) in [5, 5.41) is 4.44. The van der Waals surface area contributed by atoms with E-state index in [1.165, 1.54) is 11.0 Å². The lowest BCUT2D eigenvalue weighted by molar-refractivity contribution is -0.142. The Labute approximate surface area is 224 Å². The topological polar surface area (TPSA) is 58.6 Å². The Hall–Kier alpha value is -2.44. The molecular weight excluding hydrogens is 530 g/mol. The van der Waals surface area contributed by atoms with E-state index in [0.717, 1.165) is 5.56 Å². The fourth-order valence-corrected chi connectivity index (χ4v) is 4.43. The standard InChI is InChI=1S/C26H24Cl4N2O3/c1-2-31-26(34)23(12-17-6-4-3-5-7-17)32(15-18-8-9-19(27)13-21(18)29)25(33)16-35-24-11-10-20(28)14-22(24)30/h3-11,13-14,23H,2,12,15-16H2,1H3,(H,31,34)/t23-/m1/s1. The smallest absolute Gasteiger partial charge is 0.261 e. The van der Waals surface area contributed by atoms with Crippen molar-refractivity contribution in [3.63, 3.8) is 0 Å². The maximum atomic E-state index is 13.5. The second kappa shape index (κ2) is 13.0. The molecule has 0 unspecified atom stereocenters. The van der Waals surface area contributed by atoms with E-state index in [0.29, 0.717) is 39.3 Å². The number of carbonyl (C=O) groups is 2. The van der Waals surface area contributed by atoms with Gasteiger partial charge in [-0.2, -0.15) is 0 Å². The van der Waals surface area contributed by atoms with Crippen molar-refractivity contribution >= 4 is 58.2 Å². The Morgan fingerprint density at radius 1 is 0.914 bits per heavy atom. The largest absolute Gasteiger partial charge is 0.482 e. The van der Waals surface area contributed by atoms with Crippen LogP contribution in [0, 0.1) is 0 Å². The monoisotopic (exact) mass is 552 g/mol. The van der Waals surface area contributed by atoms with E-state index in [9.17, 15) is 9.59 Å². The average Bonchev–Trinajstić information content (AvgIpc) is 2.82. The van der Waals surface area contributed by atoms with Gasteiger partial charge in [-0.3, -0.25) is 9.59 Å². The lowest BCUT2D eigenvalue weighted by Gasteiger charge is -2.31. The highest BCUT2D eigenvalue weighted by molar-refractivity contribution is 6.35. The Morgan fingerprint density at radius 3 is 2.20 bits per heavy atom. The summed E-state index contributed by atoms with van der Waals surface area (Å²) in [5.41, 5.74) is 1.56. The quantitative estimate of drug-likeness (QED) is 0.313. The molecule has 0 bridgehead atoms. The van der Waals surface area contributed by atoms with Gasteiger partial charge in [-0.05, 0) is 48.4 Å². The molecule has 0 aromatic heterocycles. The van der Waals surface area contributed by atoms with Gasteiger partial charge in [0.25, 0.3) is 5.91 Å². The fourth-order valence-electron chi connectivity index (χ4n) is 3.49. The Kier molecular flexibility index (Phi) is 10.1. The van der Waals surface area contributed by atoms with Crippen molar-refractivity contribution in [2.75, 3.05) is 13.2 Å². The zero-order valence-electron chi connectivity index (χ0n) is 18.9. The Bertz CT molecular complexity index is 1170. The summed E-state index contributed by atoms with van der Waals surface area (Å²) in [4.78, 5) is 28.1. The van der Waals surface area contributed by atoms with Gasteiger partial charge in [0.2, 0.25) is 5.91 Å². The molecule has 1 atom stereocenters. The second-order valence-corrected chi connectivity index (χ2v) is 9.41. The maximum absolute atomic E-state index is 13.5. The highest BCUT2D eigenvalue weighted by Gasteiger charge is 2.31. The van der Waals surface area contributed by atoms with Crippen LogP contribution in [0.4, 0.5) is 0 Å². The van der Waals surface area contributed by atoms with E-state index in [-0.39, 0.29) is 24.1 Å². The summed E-state index contributed by atoms with van der Waals surface area (Å²) < 4.78 is 5.69. The number of amides is 2. The fraction of sp³-hybridized carbons (Fsp3) is 0.231. The van der Waals surface area contributed by atoms with Crippen LogP contribution in [-0.2, 0) is 22.6 Å². The number of likely N-dealkylation sites (N-methyl/N-ethyl adjacent to an activating group) is 1. The van der Waals surface area contributed by atoms with Crippen molar-refractivity contribution in [1.82, 2.24) is 10.2 Å². The van der Waals surface area contributed by atoms with Gasteiger partial charge in [0.05, 0.1) is 5.02 Å². The lowest BCUT2D eigenvalue weighted by atomic mass is 10.0. The molecule has 0 saturated heterocycles. The van der Waals surface area contributed by atoms with Crippen molar-refractivity contribution in [1.29, 1.82) is 0 Å². The van der Waals surface area contributed by atoms with Crippen LogP contribution in [0.15, 0.2) is 66.7 Å². The van der Waals surface area contributed by atoms with Crippen LogP contribution in [0.5, 0.6) is 5.75 Å². The van der Waals surface area contributed by atoms with Crippen molar-refractivity contribution in [3.05, 3.63) is 97.9 Å². The molecule has 0 heterocycles. The molecule has 0 fully saturated rings. The molecule has 0 saturated carbocycles. The van der Waals surface area contributed by atoms with Gasteiger partial charge in [-0.15, -0.1) is 0 Å². The van der Waals surface area contributed by atoms with Crippen LogP contribution < -0.4 is 10.1 Å². The molecule has 3 aromatic carbocycles. The minimum absolute atomic E-state index is 0.0845. The first kappa shape index (κ1) is 27.2. The van der Waals surface area contributed by atoms with Gasteiger partial charge >= 0.3 is 0 Å². The first-order valence-corrected chi connectivity index (χ1v) is 12.4. The summed E-state index contributed by atoms with van der Waals surface area (Å²) in [6.45, 7) is 1.99. The van der Waals surface area contributed by atoms with Crippen molar-refractivity contribution in [2.45, 2.75) is 25.9 Å². The van der Waals surface area contributed by atoms with Gasteiger partial charge in [0.1, 0.15) is 11.8 Å². The van der Waals surface area contributed by atoms with Crippen LogP contribution in [-0.4, -0.2) is 35.9 Å². The molecule has 0 aliphatic heterocycles. The molecule has 3 aromatic rings. The summed E-state index contributed by atoms with van der Waals surface area (Å²) in [7, 11) is 0. The molecule has 3 rings (SSSR count). The third-order valence-electron chi connectivity index (χ3n) is 5.22. The summed E-state index contributed by atoms with van der Waals surface area (Å²) in [6.07, 6.45) is 0.311.